The third kappa shape index (κ3) is 4.23. The van der Waals surface area contributed by atoms with Gasteiger partial charge in [0, 0.05) is 30.4 Å². The molecule has 3 rings (SSSR count). The Labute approximate surface area is 164 Å². The van der Waals surface area contributed by atoms with E-state index < -0.39 is 35.2 Å². The van der Waals surface area contributed by atoms with E-state index in [4.69, 9.17) is 5.11 Å². The highest BCUT2D eigenvalue weighted by Gasteiger charge is 2.31. The summed E-state index contributed by atoms with van der Waals surface area (Å²) in [5, 5.41) is 11.6. The van der Waals surface area contributed by atoms with Crippen LogP contribution in [0, 0.1) is 11.6 Å². The Morgan fingerprint density at radius 2 is 1.76 bits per heavy atom. The number of esters is 1. The molecule has 2 N–H and O–H groups in total. The first-order valence-corrected chi connectivity index (χ1v) is 8.50. The molecule has 9 heteroatoms. The normalized spacial score (nSPS) is 13.5. The fourth-order valence-corrected chi connectivity index (χ4v) is 2.77. The maximum absolute atomic E-state index is 13.4. The van der Waals surface area contributed by atoms with Gasteiger partial charge < -0.3 is 15.2 Å². The van der Waals surface area contributed by atoms with Crippen LogP contribution in [-0.2, 0) is 20.7 Å². The molecule has 0 radical (unpaired) electrons. The fraction of sp³-hybridized carbons (Fsp3) is 0.150. The number of hydrogen-bond acceptors (Lipinski definition) is 6. The van der Waals surface area contributed by atoms with Gasteiger partial charge in [0.2, 0.25) is 0 Å². The second-order valence-corrected chi connectivity index (χ2v) is 6.21. The largest absolute Gasteiger partial charge is 0.503 e. The number of nitrogens with one attached hydrogen (secondary N) is 1. The summed E-state index contributed by atoms with van der Waals surface area (Å²) in [6, 6.07) is 8.14. The molecule has 2 aromatic carbocycles. The van der Waals surface area contributed by atoms with E-state index >= 15 is 0 Å². The zero-order valence-corrected chi connectivity index (χ0v) is 15.2. The number of phenols is 1. The van der Waals surface area contributed by atoms with Gasteiger partial charge in [-0.2, -0.15) is 0 Å². The van der Waals surface area contributed by atoms with Gasteiger partial charge in [0.15, 0.2) is 17.4 Å². The molecule has 150 valence electrons. The SMILES string of the molecule is COC(=O)c1ccc(CCN2C(=O)C=C(Nc3cc(F)c(O)c(F)c3)C2=O)cc1. The smallest absolute Gasteiger partial charge is 0.337 e. The number of rotatable bonds is 6. The fourth-order valence-electron chi connectivity index (χ4n) is 2.77. The lowest BCUT2D eigenvalue weighted by molar-refractivity contribution is -0.137. The predicted molar refractivity (Wildman–Crippen MR) is 97.9 cm³/mol. The third-order valence-electron chi connectivity index (χ3n) is 4.30. The van der Waals surface area contributed by atoms with Crippen molar-refractivity contribution in [2.75, 3.05) is 19.0 Å². The number of imide groups is 1. The molecule has 0 saturated heterocycles. The van der Waals surface area contributed by atoms with Crippen molar-refractivity contribution in [3.8, 4) is 5.75 Å². The molecular formula is C20H16F2N2O5. The van der Waals surface area contributed by atoms with Crippen LogP contribution < -0.4 is 5.32 Å². The Balaban J connectivity index is 1.64. The number of amides is 2. The number of ether oxygens (including phenoxy) is 1. The van der Waals surface area contributed by atoms with Gasteiger partial charge in [0.05, 0.1) is 12.7 Å². The number of hydrogen-bond donors (Lipinski definition) is 2. The van der Waals surface area contributed by atoms with Crippen LogP contribution in [0.15, 0.2) is 48.2 Å². The first-order chi connectivity index (χ1) is 13.8. The van der Waals surface area contributed by atoms with Crippen molar-refractivity contribution in [2.24, 2.45) is 0 Å². The van der Waals surface area contributed by atoms with E-state index in [0.717, 1.165) is 28.7 Å². The number of benzene rings is 2. The van der Waals surface area contributed by atoms with Crippen molar-refractivity contribution in [2.45, 2.75) is 6.42 Å². The number of nitrogens with zero attached hydrogens (tertiary/aromatic N) is 1. The van der Waals surface area contributed by atoms with Gasteiger partial charge in [-0.15, -0.1) is 0 Å². The minimum Gasteiger partial charge on any atom is -0.503 e. The molecule has 1 heterocycles. The van der Waals surface area contributed by atoms with E-state index in [9.17, 15) is 23.2 Å². The molecule has 0 unspecified atom stereocenters. The number of halogens is 2. The van der Waals surface area contributed by atoms with Gasteiger partial charge in [0.25, 0.3) is 11.8 Å². The molecule has 0 saturated carbocycles. The molecule has 2 amide bonds. The van der Waals surface area contributed by atoms with Crippen molar-refractivity contribution in [1.82, 2.24) is 4.90 Å². The highest BCUT2D eigenvalue weighted by molar-refractivity contribution is 6.17. The Hall–Kier alpha value is -3.75. The summed E-state index contributed by atoms with van der Waals surface area (Å²) in [7, 11) is 1.28. The first-order valence-electron chi connectivity index (χ1n) is 8.50. The van der Waals surface area contributed by atoms with E-state index in [1.807, 2.05) is 0 Å². The van der Waals surface area contributed by atoms with Crippen LogP contribution in [0.25, 0.3) is 0 Å². The maximum Gasteiger partial charge on any atom is 0.337 e. The number of methoxy groups -OCH3 is 1. The quantitative estimate of drug-likeness (QED) is 0.438. The van der Waals surface area contributed by atoms with Gasteiger partial charge in [-0.1, -0.05) is 12.1 Å². The third-order valence-corrected chi connectivity index (χ3v) is 4.30. The highest BCUT2D eigenvalue weighted by Crippen LogP contribution is 2.26. The molecule has 0 aromatic heterocycles. The van der Waals surface area contributed by atoms with Gasteiger partial charge in [-0.25, -0.2) is 13.6 Å². The molecule has 0 spiro atoms. The topological polar surface area (TPSA) is 95.9 Å². The Morgan fingerprint density at radius 3 is 2.34 bits per heavy atom. The first kappa shape index (κ1) is 20.0. The number of carbonyl (C=O) groups is 3. The highest BCUT2D eigenvalue weighted by atomic mass is 19.1. The number of anilines is 1. The zero-order chi connectivity index (χ0) is 21.1. The molecule has 0 fully saturated rings. The summed E-state index contributed by atoms with van der Waals surface area (Å²) < 4.78 is 31.5. The van der Waals surface area contributed by atoms with Gasteiger partial charge in [-0.3, -0.25) is 14.5 Å². The summed E-state index contributed by atoms with van der Waals surface area (Å²) in [6.07, 6.45) is 1.38. The standard InChI is InChI=1S/C20H16F2N2O5/c1-29-20(28)12-4-2-11(3-5-12)6-7-24-17(25)10-16(19(24)27)23-13-8-14(21)18(26)15(22)9-13/h2-5,8-10,23,26H,6-7H2,1H3. The zero-order valence-electron chi connectivity index (χ0n) is 15.2. The van der Waals surface area contributed by atoms with Crippen LogP contribution in [0.3, 0.4) is 0 Å². The average molecular weight is 402 g/mol. The van der Waals surface area contributed by atoms with Crippen LogP contribution in [-0.4, -0.2) is 41.4 Å². The molecular weight excluding hydrogens is 386 g/mol. The molecule has 0 atom stereocenters. The van der Waals surface area contributed by atoms with Gasteiger partial charge >= 0.3 is 5.97 Å². The van der Waals surface area contributed by atoms with Gasteiger partial charge in [0.1, 0.15) is 5.70 Å². The number of aromatic hydroxyl groups is 1. The van der Waals surface area contributed by atoms with Crippen LogP contribution in [0.1, 0.15) is 15.9 Å². The van der Waals surface area contributed by atoms with Crippen molar-refractivity contribution < 1.29 is 33.0 Å². The Bertz CT molecular complexity index is 995. The molecule has 2 aromatic rings. The summed E-state index contributed by atoms with van der Waals surface area (Å²) in [4.78, 5) is 37.0. The van der Waals surface area contributed by atoms with E-state index in [2.05, 4.69) is 10.1 Å². The average Bonchev–Trinajstić information content (AvgIpc) is 2.97. The second kappa shape index (κ2) is 8.09. The van der Waals surface area contributed by atoms with Crippen LogP contribution >= 0.6 is 0 Å². The summed E-state index contributed by atoms with van der Waals surface area (Å²) in [6.45, 7) is 0.0786. The lowest BCUT2D eigenvalue weighted by Crippen LogP contribution is -2.33. The van der Waals surface area contributed by atoms with Crippen molar-refractivity contribution in [3.63, 3.8) is 0 Å². The molecule has 0 aliphatic carbocycles. The molecule has 1 aliphatic heterocycles. The van der Waals surface area contributed by atoms with E-state index in [0.29, 0.717) is 12.0 Å². The minimum absolute atomic E-state index is 0.0786. The van der Waals surface area contributed by atoms with E-state index in [-0.39, 0.29) is 17.9 Å². The van der Waals surface area contributed by atoms with Crippen LogP contribution in [0.2, 0.25) is 0 Å². The van der Waals surface area contributed by atoms with E-state index in [1.165, 1.54) is 7.11 Å². The Morgan fingerprint density at radius 1 is 1.14 bits per heavy atom. The molecule has 1 aliphatic rings. The monoisotopic (exact) mass is 402 g/mol. The maximum atomic E-state index is 13.4. The summed E-state index contributed by atoms with van der Waals surface area (Å²) in [5.74, 6) is -5.20. The number of phenolic OH excluding ortho intramolecular Hbond substituents is 1. The van der Waals surface area contributed by atoms with Crippen LogP contribution in [0.5, 0.6) is 5.75 Å². The van der Waals surface area contributed by atoms with Crippen molar-refractivity contribution in [3.05, 3.63) is 70.9 Å². The van der Waals surface area contributed by atoms with Crippen LogP contribution in [0.4, 0.5) is 14.5 Å². The predicted octanol–water partition coefficient (Wildman–Crippen LogP) is 2.36. The van der Waals surface area contributed by atoms with Gasteiger partial charge in [-0.05, 0) is 24.1 Å². The van der Waals surface area contributed by atoms with Crippen molar-refractivity contribution >= 4 is 23.5 Å². The lowest BCUT2D eigenvalue weighted by atomic mass is 10.1. The second-order valence-electron chi connectivity index (χ2n) is 6.21. The Kier molecular flexibility index (Phi) is 5.58. The molecule has 0 bridgehead atoms. The summed E-state index contributed by atoms with van der Waals surface area (Å²) in [5.41, 5.74) is 0.916. The van der Waals surface area contributed by atoms with E-state index in [1.54, 1.807) is 24.3 Å². The lowest BCUT2D eigenvalue weighted by Gasteiger charge is -2.15. The molecule has 29 heavy (non-hydrogen) atoms. The molecule has 7 nitrogen and oxygen atoms in total. The minimum atomic E-state index is -1.20. The van der Waals surface area contributed by atoms with Crippen molar-refractivity contribution in [1.29, 1.82) is 0 Å². The number of carbonyl (C=O) groups excluding carboxylic acids is 3. The summed E-state index contributed by atoms with van der Waals surface area (Å²) >= 11 is 0.